The van der Waals surface area contributed by atoms with Crippen LogP contribution in [0, 0.1) is 5.82 Å². The van der Waals surface area contributed by atoms with E-state index in [0.29, 0.717) is 17.7 Å². The molecule has 0 aliphatic carbocycles. The van der Waals surface area contributed by atoms with Gasteiger partial charge in [-0.05, 0) is 62.2 Å². The molecule has 3 N–H and O–H groups in total. The highest BCUT2D eigenvalue weighted by Crippen LogP contribution is 2.20. The quantitative estimate of drug-likeness (QED) is 0.315. The number of nitrogens with one attached hydrogen (secondary N) is 2. The van der Waals surface area contributed by atoms with E-state index < -0.39 is 23.5 Å². The van der Waals surface area contributed by atoms with Crippen LogP contribution in [0.1, 0.15) is 35.7 Å². The maximum atomic E-state index is 13.3. The molecule has 1 aromatic heterocycles. The van der Waals surface area contributed by atoms with Crippen LogP contribution in [0.3, 0.4) is 0 Å². The Labute approximate surface area is 219 Å². The maximum absolute atomic E-state index is 13.3. The number of anilines is 1. The van der Waals surface area contributed by atoms with Crippen molar-refractivity contribution in [3.05, 3.63) is 75.8 Å². The van der Waals surface area contributed by atoms with E-state index in [2.05, 4.69) is 10.6 Å². The smallest absolute Gasteiger partial charge is 0.475 e. The van der Waals surface area contributed by atoms with Gasteiger partial charge < -0.3 is 25.0 Å². The first-order chi connectivity index (χ1) is 18.4. The number of aliphatic carboxylic acids is 1. The summed E-state index contributed by atoms with van der Waals surface area (Å²) in [6.07, 6.45) is -1.92. The standard InChI is InChI=1S/C24H24FN3O4.C2HF3O2/c1-2-32-24(31)19-14-28(13-15-5-7-16(25)8-6-15)21-10-9-17(12-18(21)22(19)29)27-23(30)20-4-3-11-26-20;3-2(4,5)1(6)7/h5-10,12,14,20,26H,2-4,11,13H2,1H3,(H,27,30);(H,6,7). The largest absolute Gasteiger partial charge is 0.490 e. The van der Waals surface area contributed by atoms with Crippen LogP contribution in [0.25, 0.3) is 10.9 Å². The highest BCUT2D eigenvalue weighted by molar-refractivity contribution is 5.98. The number of rotatable bonds is 6. The van der Waals surface area contributed by atoms with Gasteiger partial charge in [0.2, 0.25) is 11.3 Å². The summed E-state index contributed by atoms with van der Waals surface area (Å²) in [4.78, 5) is 46.9. The summed E-state index contributed by atoms with van der Waals surface area (Å²) in [6, 6.07) is 10.8. The molecule has 2 heterocycles. The van der Waals surface area contributed by atoms with Gasteiger partial charge in [0.25, 0.3) is 0 Å². The summed E-state index contributed by atoms with van der Waals surface area (Å²) < 4.78 is 51.8. The minimum absolute atomic E-state index is 0.0950. The van der Waals surface area contributed by atoms with Crippen molar-refractivity contribution in [1.29, 1.82) is 0 Å². The second-order valence-corrected chi connectivity index (χ2v) is 8.52. The predicted molar refractivity (Wildman–Crippen MR) is 133 cm³/mol. The average molecular weight is 551 g/mol. The van der Waals surface area contributed by atoms with Crippen LogP contribution >= 0.6 is 0 Å². The van der Waals surface area contributed by atoms with Crippen molar-refractivity contribution >= 4 is 34.4 Å². The minimum atomic E-state index is -5.08. The van der Waals surface area contributed by atoms with Gasteiger partial charge in [-0.1, -0.05) is 12.1 Å². The van der Waals surface area contributed by atoms with E-state index >= 15 is 0 Å². The number of aromatic nitrogens is 1. The van der Waals surface area contributed by atoms with Crippen LogP contribution in [-0.4, -0.2) is 52.9 Å². The zero-order chi connectivity index (χ0) is 28.7. The van der Waals surface area contributed by atoms with Crippen molar-refractivity contribution in [2.24, 2.45) is 0 Å². The lowest BCUT2D eigenvalue weighted by atomic mass is 10.1. The molecule has 1 atom stereocenters. The highest BCUT2D eigenvalue weighted by atomic mass is 19.4. The molecule has 208 valence electrons. The molecule has 1 unspecified atom stereocenters. The van der Waals surface area contributed by atoms with E-state index in [1.807, 2.05) is 0 Å². The second kappa shape index (κ2) is 12.5. The minimum Gasteiger partial charge on any atom is -0.475 e. The van der Waals surface area contributed by atoms with Crippen LogP contribution in [-0.2, 0) is 20.9 Å². The third kappa shape index (κ3) is 7.63. The maximum Gasteiger partial charge on any atom is 0.490 e. The van der Waals surface area contributed by atoms with Crippen molar-refractivity contribution in [2.75, 3.05) is 18.5 Å². The third-order valence-corrected chi connectivity index (χ3v) is 5.73. The number of fused-ring (bicyclic) bond motifs is 1. The van der Waals surface area contributed by atoms with E-state index in [1.165, 1.54) is 18.3 Å². The van der Waals surface area contributed by atoms with Crippen LogP contribution in [0.5, 0.6) is 0 Å². The zero-order valence-corrected chi connectivity index (χ0v) is 20.7. The van der Waals surface area contributed by atoms with E-state index in [9.17, 15) is 31.9 Å². The number of carbonyl (C=O) groups excluding carboxylic acids is 2. The van der Waals surface area contributed by atoms with Gasteiger partial charge in [0.1, 0.15) is 11.4 Å². The molecule has 2 aromatic carbocycles. The number of carboxylic acids is 1. The summed E-state index contributed by atoms with van der Waals surface area (Å²) in [5.41, 5.74) is 1.30. The number of carboxylic acid groups (broad SMARTS) is 1. The van der Waals surface area contributed by atoms with E-state index in [4.69, 9.17) is 14.6 Å². The van der Waals surface area contributed by atoms with Crippen molar-refractivity contribution in [3.8, 4) is 0 Å². The van der Waals surface area contributed by atoms with Gasteiger partial charge in [-0.3, -0.25) is 9.59 Å². The number of alkyl halides is 3. The number of pyridine rings is 1. The summed E-state index contributed by atoms with van der Waals surface area (Å²) >= 11 is 0. The summed E-state index contributed by atoms with van der Waals surface area (Å²) in [5.74, 6) is -3.97. The lowest BCUT2D eigenvalue weighted by Crippen LogP contribution is -2.35. The van der Waals surface area contributed by atoms with Gasteiger partial charge in [-0.15, -0.1) is 0 Å². The number of ether oxygens (including phenoxy) is 1. The van der Waals surface area contributed by atoms with Gasteiger partial charge in [0.15, 0.2) is 0 Å². The first-order valence-corrected chi connectivity index (χ1v) is 11.8. The molecular formula is C26H25F4N3O6. The number of esters is 1. The van der Waals surface area contributed by atoms with Crippen LogP contribution in [0.4, 0.5) is 23.2 Å². The van der Waals surface area contributed by atoms with Gasteiger partial charge in [-0.25, -0.2) is 14.0 Å². The second-order valence-electron chi connectivity index (χ2n) is 8.52. The molecule has 1 saturated heterocycles. The monoisotopic (exact) mass is 551 g/mol. The Morgan fingerprint density at radius 1 is 1.15 bits per heavy atom. The van der Waals surface area contributed by atoms with Gasteiger partial charge >= 0.3 is 18.1 Å². The Balaban J connectivity index is 0.000000532. The van der Waals surface area contributed by atoms with E-state index in [-0.39, 0.29) is 35.3 Å². The number of carbonyl (C=O) groups is 3. The summed E-state index contributed by atoms with van der Waals surface area (Å²) in [7, 11) is 0. The molecule has 13 heteroatoms. The normalized spacial score (nSPS) is 14.8. The summed E-state index contributed by atoms with van der Waals surface area (Å²) in [6.45, 7) is 2.92. The molecule has 39 heavy (non-hydrogen) atoms. The fraction of sp³-hybridized carbons (Fsp3) is 0.308. The molecule has 9 nitrogen and oxygen atoms in total. The van der Waals surface area contributed by atoms with Crippen molar-refractivity contribution in [3.63, 3.8) is 0 Å². The molecule has 0 bridgehead atoms. The van der Waals surface area contributed by atoms with E-state index in [1.54, 1.807) is 41.8 Å². The topological polar surface area (TPSA) is 127 Å². The molecular weight excluding hydrogens is 526 g/mol. The summed E-state index contributed by atoms with van der Waals surface area (Å²) in [5, 5.41) is 13.4. The highest BCUT2D eigenvalue weighted by Gasteiger charge is 2.38. The molecule has 0 radical (unpaired) electrons. The molecule has 1 aliphatic heterocycles. The molecule has 1 aliphatic rings. The van der Waals surface area contributed by atoms with Crippen LogP contribution in [0.15, 0.2) is 53.5 Å². The van der Waals surface area contributed by atoms with Crippen LogP contribution in [0.2, 0.25) is 0 Å². The van der Waals surface area contributed by atoms with E-state index in [0.717, 1.165) is 24.9 Å². The Hall–Kier alpha value is -4.26. The molecule has 1 amide bonds. The zero-order valence-electron chi connectivity index (χ0n) is 20.7. The Kier molecular flexibility index (Phi) is 9.41. The fourth-order valence-electron chi connectivity index (χ4n) is 3.88. The van der Waals surface area contributed by atoms with Crippen LogP contribution < -0.4 is 16.1 Å². The van der Waals surface area contributed by atoms with Gasteiger partial charge in [0.05, 0.1) is 18.2 Å². The number of hydrogen-bond acceptors (Lipinski definition) is 6. The predicted octanol–water partition coefficient (Wildman–Crippen LogP) is 3.69. The molecule has 4 rings (SSSR count). The average Bonchev–Trinajstić information content (AvgIpc) is 3.42. The molecule has 3 aromatic rings. The van der Waals surface area contributed by atoms with Gasteiger partial charge in [0, 0.05) is 23.8 Å². The van der Waals surface area contributed by atoms with Crippen molar-refractivity contribution in [1.82, 2.24) is 9.88 Å². The number of nitrogens with zero attached hydrogens (tertiary/aromatic N) is 1. The number of halogens is 4. The third-order valence-electron chi connectivity index (χ3n) is 5.73. The van der Waals surface area contributed by atoms with Gasteiger partial charge in [-0.2, -0.15) is 13.2 Å². The molecule has 0 saturated carbocycles. The number of hydrogen-bond donors (Lipinski definition) is 3. The lowest BCUT2D eigenvalue weighted by molar-refractivity contribution is -0.192. The van der Waals surface area contributed by atoms with Crippen molar-refractivity contribution < 1.29 is 41.8 Å². The fourth-order valence-corrected chi connectivity index (χ4v) is 3.88. The first kappa shape index (κ1) is 29.3. The Morgan fingerprint density at radius 3 is 2.38 bits per heavy atom. The molecule has 0 spiro atoms. The van der Waals surface area contributed by atoms with Crippen molar-refractivity contribution in [2.45, 2.75) is 38.5 Å². The Bertz CT molecular complexity index is 1410. The lowest BCUT2D eigenvalue weighted by Gasteiger charge is -2.15. The Morgan fingerprint density at radius 2 is 1.82 bits per heavy atom. The SMILES string of the molecule is CCOC(=O)c1cn(Cc2ccc(F)cc2)c2ccc(NC(=O)C3CCCN3)cc2c1=O.O=C(O)C(F)(F)F. The molecule has 1 fully saturated rings. The number of benzene rings is 2. The first-order valence-electron chi connectivity index (χ1n) is 11.8. The number of amides is 1.